The summed E-state index contributed by atoms with van der Waals surface area (Å²) in [5, 5.41) is 14.1. The van der Waals surface area contributed by atoms with E-state index in [-0.39, 0.29) is 34.9 Å². The number of urea groups is 1. The monoisotopic (exact) mass is 549 g/mol. The highest BCUT2D eigenvalue weighted by Crippen LogP contribution is 2.30. The van der Waals surface area contributed by atoms with E-state index in [4.69, 9.17) is 26.2 Å². The Bertz CT molecular complexity index is 1500. The van der Waals surface area contributed by atoms with Crippen LogP contribution in [0.25, 0.3) is 6.08 Å². The maximum absolute atomic E-state index is 13.1. The summed E-state index contributed by atoms with van der Waals surface area (Å²) in [7, 11) is 1.38. The number of carboxylic acid groups (broad SMARTS) is 1. The van der Waals surface area contributed by atoms with Crippen molar-refractivity contribution in [2.24, 2.45) is 0 Å². The Labute approximate surface area is 226 Å². The van der Waals surface area contributed by atoms with E-state index in [9.17, 15) is 24.0 Å². The average molecular weight is 550 g/mol. The van der Waals surface area contributed by atoms with Gasteiger partial charge in [0.2, 0.25) is 0 Å². The van der Waals surface area contributed by atoms with Crippen molar-refractivity contribution in [3.63, 3.8) is 0 Å². The van der Waals surface area contributed by atoms with Crippen LogP contribution in [-0.4, -0.2) is 48.5 Å². The number of aromatic carboxylic acids is 1. The molecule has 0 bridgehead atoms. The number of halogens is 1. The molecule has 4 rings (SSSR count). The summed E-state index contributed by atoms with van der Waals surface area (Å²) < 4.78 is 10.9. The lowest BCUT2D eigenvalue weighted by molar-refractivity contribution is -0.122. The predicted octanol–water partition coefficient (Wildman–Crippen LogP) is 3.73. The van der Waals surface area contributed by atoms with Gasteiger partial charge in [-0.1, -0.05) is 17.7 Å². The molecule has 1 saturated heterocycles. The Kier molecular flexibility index (Phi) is 7.92. The van der Waals surface area contributed by atoms with Crippen molar-refractivity contribution in [3.05, 3.63) is 88.5 Å². The number of barbiturate groups is 1. The minimum absolute atomic E-state index is 0.0840. The number of carboxylic acids is 1. The molecule has 5 amide bonds. The molecule has 0 unspecified atom stereocenters. The number of hydrogen-bond donors (Lipinski definition) is 3. The SMILES string of the molecule is COc1cc(/C=C2/C(=O)NC(=O)N(c3ccc(Cl)cc3)C2=O)ccc1OCC(=O)Nc1ccc(C(=O)O)cc1. The number of imide groups is 2. The van der Waals surface area contributed by atoms with E-state index >= 15 is 0 Å². The predicted molar refractivity (Wildman–Crippen MR) is 141 cm³/mol. The molecule has 3 aromatic rings. The van der Waals surface area contributed by atoms with Gasteiger partial charge in [-0.25, -0.2) is 14.5 Å². The molecule has 0 atom stereocenters. The average Bonchev–Trinajstić information content (AvgIpc) is 2.91. The molecule has 0 saturated carbocycles. The van der Waals surface area contributed by atoms with E-state index in [1.807, 2.05) is 0 Å². The number of hydrogen-bond acceptors (Lipinski definition) is 7. The number of carbonyl (C=O) groups excluding carboxylic acids is 4. The molecule has 0 aliphatic carbocycles. The number of nitrogens with zero attached hydrogens (tertiary/aromatic N) is 1. The summed E-state index contributed by atoms with van der Waals surface area (Å²) in [6.07, 6.45) is 1.30. The highest BCUT2D eigenvalue weighted by atomic mass is 35.5. The molecular weight excluding hydrogens is 530 g/mol. The van der Waals surface area contributed by atoms with E-state index in [1.165, 1.54) is 79.9 Å². The highest BCUT2D eigenvalue weighted by molar-refractivity contribution is 6.39. The Morgan fingerprint density at radius 2 is 1.69 bits per heavy atom. The number of nitrogens with one attached hydrogen (secondary N) is 2. The first-order valence-corrected chi connectivity index (χ1v) is 11.6. The lowest BCUT2D eigenvalue weighted by Crippen LogP contribution is -2.54. The number of amides is 5. The number of carbonyl (C=O) groups is 5. The van der Waals surface area contributed by atoms with Crippen LogP contribution in [0.2, 0.25) is 5.02 Å². The van der Waals surface area contributed by atoms with Crippen LogP contribution in [0.5, 0.6) is 11.5 Å². The number of rotatable bonds is 8. The van der Waals surface area contributed by atoms with Gasteiger partial charge in [-0.3, -0.25) is 19.7 Å². The van der Waals surface area contributed by atoms with E-state index in [0.717, 1.165) is 4.90 Å². The zero-order chi connectivity index (χ0) is 28.1. The molecule has 3 aromatic carbocycles. The summed E-state index contributed by atoms with van der Waals surface area (Å²) in [4.78, 5) is 61.9. The second kappa shape index (κ2) is 11.5. The standard InChI is InChI=1S/C27H20ClN3O8/c1-38-22-13-15(2-11-21(22)39-14-23(32)29-18-7-3-16(4-8-18)26(35)36)12-20-24(33)30-27(37)31(25(20)34)19-9-5-17(28)6-10-19/h2-13H,14H2,1H3,(H,29,32)(H,35,36)(H,30,33,37)/b20-12-. The maximum Gasteiger partial charge on any atom is 0.335 e. The summed E-state index contributed by atoms with van der Waals surface area (Å²) in [6, 6.07) is 15.2. The first-order chi connectivity index (χ1) is 18.7. The summed E-state index contributed by atoms with van der Waals surface area (Å²) in [5.41, 5.74) is 0.821. The van der Waals surface area contributed by atoms with E-state index in [2.05, 4.69) is 10.6 Å². The van der Waals surface area contributed by atoms with Gasteiger partial charge in [-0.2, -0.15) is 0 Å². The van der Waals surface area contributed by atoms with Gasteiger partial charge in [-0.15, -0.1) is 0 Å². The van der Waals surface area contributed by atoms with Gasteiger partial charge in [-0.05, 0) is 72.3 Å². The molecule has 39 heavy (non-hydrogen) atoms. The Morgan fingerprint density at radius 1 is 1.00 bits per heavy atom. The quantitative estimate of drug-likeness (QED) is 0.284. The first-order valence-electron chi connectivity index (χ1n) is 11.3. The second-order valence-corrected chi connectivity index (χ2v) is 8.50. The molecule has 0 spiro atoms. The van der Waals surface area contributed by atoms with Crippen LogP contribution < -0.4 is 25.0 Å². The molecule has 1 aliphatic heterocycles. The van der Waals surface area contributed by atoms with Gasteiger partial charge < -0.3 is 19.9 Å². The topological polar surface area (TPSA) is 151 Å². The zero-order valence-corrected chi connectivity index (χ0v) is 21.0. The zero-order valence-electron chi connectivity index (χ0n) is 20.3. The third kappa shape index (κ3) is 6.22. The largest absolute Gasteiger partial charge is 0.493 e. The minimum Gasteiger partial charge on any atom is -0.493 e. The molecule has 1 aliphatic rings. The van der Waals surface area contributed by atoms with Crippen molar-refractivity contribution in [1.82, 2.24) is 5.32 Å². The molecular formula is C27H20ClN3O8. The van der Waals surface area contributed by atoms with Gasteiger partial charge in [0.15, 0.2) is 18.1 Å². The molecule has 11 nitrogen and oxygen atoms in total. The van der Waals surface area contributed by atoms with Crippen LogP contribution in [0.1, 0.15) is 15.9 Å². The van der Waals surface area contributed by atoms with Gasteiger partial charge in [0, 0.05) is 10.7 Å². The minimum atomic E-state index is -1.08. The van der Waals surface area contributed by atoms with Gasteiger partial charge in [0.05, 0.1) is 18.4 Å². The van der Waals surface area contributed by atoms with Gasteiger partial charge >= 0.3 is 12.0 Å². The highest BCUT2D eigenvalue weighted by Gasteiger charge is 2.36. The fourth-order valence-electron chi connectivity index (χ4n) is 3.58. The number of benzene rings is 3. The van der Waals surface area contributed by atoms with E-state index in [0.29, 0.717) is 16.3 Å². The first kappa shape index (κ1) is 26.9. The summed E-state index contributed by atoms with van der Waals surface area (Å²) >= 11 is 5.88. The summed E-state index contributed by atoms with van der Waals surface area (Å²) in [5.74, 6) is -2.82. The maximum atomic E-state index is 13.1. The van der Waals surface area contributed by atoms with Crippen LogP contribution in [0.3, 0.4) is 0 Å². The van der Waals surface area contributed by atoms with E-state index < -0.39 is 29.7 Å². The van der Waals surface area contributed by atoms with E-state index in [1.54, 1.807) is 0 Å². The van der Waals surface area contributed by atoms with Crippen LogP contribution >= 0.6 is 11.6 Å². The molecule has 198 valence electrons. The Balaban J connectivity index is 1.47. The van der Waals surface area contributed by atoms with Crippen LogP contribution in [-0.2, 0) is 14.4 Å². The van der Waals surface area contributed by atoms with Crippen LogP contribution in [0.15, 0.2) is 72.3 Å². The fourth-order valence-corrected chi connectivity index (χ4v) is 3.70. The lowest BCUT2D eigenvalue weighted by Gasteiger charge is -2.26. The molecule has 0 aromatic heterocycles. The Hall–Kier alpha value is -5.16. The van der Waals surface area contributed by atoms with Crippen molar-refractivity contribution >= 4 is 58.8 Å². The smallest absolute Gasteiger partial charge is 0.335 e. The second-order valence-electron chi connectivity index (χ2n) is 8.06. The van der Waals surface area contributed by atoms with Crippen LogP contribution in [0, 0.1) is 0 Å². The molecule has 12 heteroatoms. The van der Waals surface area contributed by atoms with Gasteiger partial charge in [0.25, 0.3) is 17.7 Å². The fraction of sp³-hybridized carbons (Fsp3) is 0.0741. The van der Waals surface area contributed by atoms with Crippen LogP contribution in [0.4, 0.5) is 16.2 Å². The molecule has 3 N–H and O–H groups in total. The van der Waals surface area contributed by atoms with Gasteiger partial charge in [0.1, 0.15) is 5.57 Å². The Morgan fingerprint density at radius 3 is 2.33 bits per heavy atom. The number of anilines is 2. The normalized spacial score (nSPS) is 14.2. The third-order valence-corrected chi connectivity index (χ3v) is 5.71. The van der Waals surface area contributed by atoms with Crippen molar-refractivity contribution in [2.75, 3.05) is 23.9 Å². The van der Waals surface area contributed by atoms with Crippen molar-refractivity contribution in [1.29, 1.82) is 0 Å². The number of methoxy groups -OCH3 is 1. The van der Waals surface area contributed by atoms with Crippen molar-refractivity contribution in [2.45, 2.75) is 0 Å². The molecule has 1 fully saturated rings. The third-order valence-electron chi connectivity index (χ3n) is 5.46. The van der Waals surface area contributed by atoms with Crippen molar-refractivity contribution < 1.29 is 38.6 Å². The van der Waals surface area contributed by atoms with Crippen molar-refractivity contribution in [3.8, 4) is 11.5 Å². The number of ether oxygens (including phenoxy) is 2. The molecule has 0 radical (unpaired) electrons. The molecule has 1 heterocycles. The lowest BCUT2D eigenvalue weighted by atomic mass is 10.1. The summed E-state index contributed by atoms with van der Waals surface area (Å²) in [6.45, 7) is -0.378.